The van der Waals surface area contributed by atoms with Crippen molar-refractivity contribution in [3.05, 3.63) is 83.4 Å². The first kappa shape index (κ1) is 23.3. The quantitative estimate of drug-likeness (QED) is 0.487. The van der Waals surface area contributed by atoms with E-state index in [9.17, 15) is 14.7 Å². The maximum Gasteiger partial charge on any atom is 0.264 e. The van der Waals surface area contributed by atoms with Gasteiger partial charge in [-0.15, -0.1) is 0 Å². The smallest absolute Gasteiger partial charge is 0.264 e. The fourth-order valence-corrected chi connectivity index (χ4v) is 4.22. The number of para-hydroxylation sites is 2. The molecular formula is C27H27NO6. The second kappa shape index (κ2) is 9.57. The van der Waals surface area contributed by atoms with Gasteiger partial charge in [-0.05, 0) is 36.8 Å². The van der Waals surface area contributed by atoms with E-state index in [2.05, 4.69) is 0 Å². The number of aryl methyl sites for hydroxylation is 1. The molecule has 1 unspecified atom stereocenters. The zero-order valence-corrected chi connectivity index (χ0v) is 19.4. The van der Waals surface area contributed by atoms with Crippen LogP contribution < -0.4 is 19.1 Å². The summed E-state index contributed by atoms with van der Waals surface area (Å²) in [7, 11) is 2.97. The fraction of sp³-hybridized carbons (Fsp3) is 0.259. The first-order valence-corrected chi connectivity index (χ1v) is 11.0. The molecule has 1 N–H and O–H groups in total. The highest BCUT2D eigenvalue weighted by atomic mass is 16.5. The Bertz CT molecular complexity index is 1220. The number of rotatable bonds is 9. The molecule has 0 spiro atoms. The second-order valence-electron chi connectivity index (χ2n) is 8.11. The molecule has 0 fully saturated rings. The largest absolute Gasteiger partial charge is 0.497 e. The van der Waals surface area contributed by atoms with Crippen molar-refractivity contribution in [1.82, 2.24) is 0 Å². The van der Waals surface area contributed by atoms with Crippen LogP contribution in [0.5, 0.6) is 17.2 Å². The molecule has 0 aliphatic carbocycles. The number of ketones is 1. The van der Waals surface area contributed by atoms with Crippen LogP contribution in [0.1, 0.15) is 27.9 Å². The first-order chi connectivity index (χ1) is 16.4. The molecule has 7 nitrogen and oxygen atoms in total. The van der Waals surface area contributed by atoms with Gasteiger partial charge in [-0.1, -0.05) is 36.4 Å². The number of methoxy groups -OCH3 is 2. The lowest BCUT2D eigenvalue weighted by atomic mass is 9.88. The lowest BCUT2D eigenvalue weighted by Crippen LogP contribution is -2.43. The summed E-state index contributed by atoms with van der Waals surface area (Å²) in [5, 5.41) is 11.5. The van der Waals surface area contributed by atoms with E-state index in [4.69, 9.17) is 14.2 Å². The summed E-state index contributed by atoms with van der Waals surface area (Å²) in [6, 6.07) is 19.4. The van der Waals surface area contributed by atoms with Crippen molar-refractivity contribution in [3.8, 4) is 17.2 Å². The molecule has 0 saturated carbocycles. The van der Waals surface area contributed by atoms with Crippen molar-refractivity contribution >= 4 is 17.4 Å². The number of Topliss-reactive ketones (excluding diaryl/α,β-unsaturated/α-hetero) is 1. The lowest BCUT2D eigenvalue weighted by Gasteiger charge is -2.23. The van der Waals surface area contributed by atoms with Gasteiger partial charge in [0.2, 0.25) is 0 Å². The van der Waals surface area contributed by atoms with Crippen molar-refractivity contribution < 1.29 is 28.9 Å². The molecule has 176 valence electrons. The van der Waals surface area contributed by atoms with E-state index in [0.29, 0.717) is 22.7 Å². The third-order valence-corrected chi connectivity index (χ3v) is 6.03. The molecule has 34 heavy (non-hydrogen) atoms. The van der Waals surface area contributed by atoms with E-state index in [0.717, 1.165) is 11.3 Å². The van der Waals surface area contributed by atoms with E-state index < -0.39 is 23.7 Å². The number of ether oxygens (including phenoxy) is 3. The molecule has 7 heteroatoms. The first-order valence-electron chi connectivity index (χ1n) is 11.0. The van der Waals surface area contributed by atoms with Gasteiger partial charge in [-0.25, -0.2) is 0 Å². The van der Waals surface area contributed by atoms with E-state index in [-0.39, 0.29) is 18.7 Å². The number of benzene rings is 3. The van der Waals surface area contributed by atoms with Crippen LogP contribution >= 0.6 is 0 Å². The van der Waals surface area contributed by atoms with Crippen LogP contribution in [-0.4, -0.2) is 44.2 Å². The number of amides is 1. The maximum atomic E-state index is 13.4. The topological polar surface area (TPSA) is 85.3 Å². The van der Waals surface area contributed by atoms with Gasteiger partial charge in [0, 0.05) is 11.6 Å². The van der Waals surface area contributed by atoms with Gasteiger partial charge < -0.3 is 24.2 Å². The lowest BCUT2D eigenvalue weighted by molar-refractivity contribution is -0.135. The zero-order chi connectivity index (χ0) is 24.3. The molecule has 1 aliphatic heterocycles. The van der Waals surface area contributed by atoms with Gasteiger partial charge in [0.25, 0.3) is 5.91 Å². The molecule has 0 radical (unpaired) electrons. The van der Waals surface area contributed by atoms with Gasteiger partial charge in [0.05, 0.1) is 38.4 Å². The summed E-state index contributed by atoms with van der Waals surface area (Å²) in [6.07, 6.45) is -0.416. The SMILES string of the molecule is COc1ccc(C(=O)CC2(O)C(=O)N(CCOc3ccccc3C)c3ccccc32)c(OC)c1. The van der Waals surface area contributed by atoms with Crippen molar-refractivity contribution in [3.63, 3.8) is 0 Å². The maximum absolute atomic E-state index is 13.4. The predicted molar refractivity (Wildman–Crippen MR) is 128 cm³/mol. The summed E-state index contributed by atoms with van der Waals surface area (Å²) in [4.78, 5) is 28.1. The summed E-state index contributed by atoms with van der Waals surface area (Å²) in [5.41, 5.74) is 0.241. The molecule has 0 aromatic heterocycles. The summed E-state index contributed by atoms with van der Waals surface area (Å²) < 4.78 is 16.4. The normalized spacial score (nSPS) is 16.8. The highest BCUT2D eigenvalue weighted by Crippen LogP contribution is 2.43. The molecule has 3 aromatic rings. The van der Waals surface area contributed by atoms with E-state index >= 15 is 0 Å². The molecule has 3 aromatic carbocycles. The van der Waals surface area contributed by atoms with Gasteiger partial charge in [-0.3, -0.25) is 9.59 Å². The van der Waals surface area contributed by atoms with Crippen LogP contribution in [0.4, 0.5) is 5.69 Å². The monoisotopic (exact) mass is 461 g/mol. The Balaban J connectivity index is 1.56. The van der Waals surface area contributed by atoms with Crippen LogP contribution in [0.15, 0.2) is 66.7 Å². The third kappa shape index (κ3) is 4.22. The Morgan fingerprint density at radius 3 is 2.44 bits per heavy atom. The number of carbonyl (C=O) groups excluding carboxylic acids is 2. The molecule has 0 saturated heterocycles. The highest BCUT2D eigenvalue weighted by Gasteiger charge is 2.50. The summed E-state index contributed by atoms with van der Waals surface area (Å²) >= 11 is 0. The molecular weight excluding hydrogens is 434 g/mol. The number of anilines is 1. The Morgan fingerprint density at radius 2 is 1.71 bits per heavy atom. The van der Waals surface area contributed by atoms with Gasteiger partial charge in [-0.2, -0.15) is 0 Å². The molecule has 1 aliphatic rings. The van der Waals surface area contributed by atoms with Crippen LogP contribution in [0, 0.1) is 6.92 Å². The second-order valence-corrected chi connectivity index (χ2v) is 8.11. The van der Waals surface area contributed by atoms with Gasteiger partial charge in [0.1, 0.15) is 23.9 Å². The van der Waals surface area contributed by atoms with Crippen LogP contribution in [0.3, 0.4) is 0 Å². The standard InChI is InChI=1S/C27H27NO6/c1-18-8-4-7-11-24(18)34-15-14-28-22-10-6-5-9-21(22)27(31,26(28)30)17-23(29)20-13-12-19(32-2)16-25(20)33-3/h4-13,16,31H,14-15,17H2,1-3H3. The van der Waals surface area contributed by atoms with Crippen molar-refractivity contribution in [1.29, 1.82) is 0 Å². The molecule has 4 rings (SSSR count). The average molecular weight is 462 g/mol. The molecule has 0 bridgehead atoms. The summed E-state index contributed by atoms with van der Waals surface area (Å²) in [6.45, 7) is 2.41. The molecule has 1 amide bonds. The minimum Gasteiger partial charge on any atom is -0.497 e. The number of hydrogen-bond donors (Lipinski definition) is 1. The number of carbonyl (C=O) groups is 2. The minimum atomic E-state index is -1.98. The molecule has 1 heterocycles. The molecule has 1 atom stereocenters. The van der Waals surface area contributed by atoms with E-state index in [1.165, 1.54) is 19.1 Å². The third-order valence-electron chi connectivity index (χ3n) is 6.03. The van der Waals surface area contributed by atoms with Crippen molar-refractivity contribution in [2.24, 2.45) is 0 Å². The van der Waals surface area contributed by atoms with Gasteiger partial charge >= 0.3 is 0 Å². The Kier molecular flexibility index (Phi) is 6.56. The van der Waals surface area contributed by atoms with E-state index in [1.54, 1.807) is 42.5 Å². The number of nitrogens with zero attached hydrogens (tertiary/aromatic N) is 1. The Morgan fingerprint density at radius 1 is 0.971 bits per heavy atom. The van der Waals surface area contributed by atoms with Crippen LogP contribution in [0.2, 0.25) is 0 Å². The van der Waals surface area contributed by atoms with Crippen molar-refractivity contribution in [2.45, 2.75) is 18.9 Å². The predicted octanol–water partition coefficient (Wildman–Crippen LogP) is 3.90. The Hall–Kier alpha value is -3.84. The van der Waals surface area contributed by atoms with Crippen LogP contribution in [0.25, 0.3) is 0 Å². The fourth-order valence-electron chi connectivity index (χ4n) is 4.22. The van der Waals surface area contributed by atoms with Gasteiger partial charge in [0.15, 0.2) is 11.4 Å². The van der Waals surface area contributed by atoms with E-state index in [1.807, 2.05) is 31.2 Å². The Labute approximate surface area is 198 Å². The highest BCUT2D eigenvalue weighted by molar-refractivity contribution is 6.11. The number of hydrogen-bond acceptors (Lipinski definition) is 6. The average Bonchev–Trinajstić information content (AvgIpc) is 3.06. The minimum absolute atomic E-state index is 0.229. The number of fused-ring (bicyclic) bond motifs is 1. The van der Waals surface area contributed by atoms with Crippen LogP contribution in [-0.2, 0) is 10.4 Å². The van der Waals surface area contributed by atoms with Crippen molar-refractivity contribution in [2.75, 3.05) is 32.3 Å². The number of aliphatic hydroxyl groups is 1. The summed E-state index contributed by atoms with van der Waals surface area (Å²) in [5.74, 6) is 0.620. The zero-order valence-electron chi connectivity index (χ0n) is 19.4.